The molecule has 0 fully saturated rings. The number of ether oxygens (including phenoxy) is 1. The number of carbonyl (C=O) groups is 1. The fourth-order valence-corrected chi connectivity index (χ4v) is 2.40. The number of rotatable bonds is 6. The first kappa shape index (κ1) is 17.6. The van der Waals surface area contributed by atoms with Crippen LogP contribution in [0, 0.1) is 6.92 Å². The van der Waals surface area contributed by atoms with E-state index in [1.165, 1.54) is 23.4 Å². The number of halogens is 1. The highest BCUT2D eigenvalue weighted by molar-refractivity contribution is 5.78. The molecule has 2 aromatic rings. The fraction of sp³-hybridized carbons (Fsp3) is 0.412. The number of aromatic nitrogens is 1. The van der Waals surface area contributed by atoms with Crippen molar-refractivity contribution in [3.05, 3.63) is 42.1 Å². The van der Waals surface area contributed by atoms with Crippen LogP contribution in [0.1, 0.15) is 31.7 Å². The Bertz CT molecular complexity index is 598. The van der Waals surface area contributed by atoms with Crippen LogP contribution in [0.3, 0.4) is 0 Å². The average Bonchev–Trinajstić information content (AvgIpc) is 2.45. The topological polar surface area (TPSA) is 30.2 Å². The van der Waals surface area contributed by atoms with Crippen molar-refractivity contribution in [1.82, 2.24) is 0 Å². The van der Waals surface area contributed by atoms with Gasteiger partial charge in [0, 0.05) is 30.9 Å². The van der Waals surface area contributed by atoms with Gasteiger partial charge >= 0.3 is 5.97 Å². The van der Waals surface area contributed by atoms with Crippen LogP contribution in [0.15, 0.2) is 36.5 Å². The molecule has 2 rings (SSSR count). The maximum atomic E-state index is 10.6. The molecule has 0 amide bonds. The van der Waals surface area contributed by atoms with E-state index in [2.05, 4.69) is 48.0 Å². The molecular weight excluding hydrogens is 330 g/mol. The molecule has 0 spiro atoms. The second-order valence-corrected chi connectivity index (χ2v) is 5.11. The molecule has 0 aliphatic heterocycles. The fourth-order valence-electron chi connectivity index (χ4n) is 2.40. The summed E-state index contributed by atoms with van der Waals surface area (Å²) in [6, 6.07) is 10.7. The van der Waals surface area contributed by atoms with Gasteiger partial charge in [0.05, 0.1) is 6.61 Å². The Morgan fingerprint density at radius 1 is 1.14 bits per heavy atom. The van der Waals surface area contributed by atoms with Gasteiger partial charge in [0.2, 0.25) is 5.52 Å². The van der Waals surface area contributed by atoms with E-state index in [9.17, 15) is 4.79 Å². The van der Waals surface area contributed by atoms with Crippen molar-refractivity contribution in [1.29, 1.82) is 0 Å². The van der Waals surface area contributed by atoms with Gasteiger partial charge in [-0.1, -0.05) is 12.1 Å². The van der Waals surface area contributed by atoms with Crippen LogP contribution in [0.2, 0.25) is 0 Å². The number of para-hydroxylation sites is 1. The number of nitrogens with zero attached hydrogens (tertiary/aromatic N) is 1. The third-order valence-electron chi connectivity index (χ3n) is 3.49. The Hall–Kier alpha value is -1.42. The van der Waals surface area contributed by atoms with Gasteiger partial charge in [0.15, 0.2) is 6.20 Å². The van der Waals surface area contributed by atoms with Gasteiger partial charge in [-0.15, -0.1) is 0 Å². The molecule has 1 aromatic carbocycles. The minimum absolute atomic E-state index is 0. The second-order valence-electron chi connectivity index (χ2n) is 5.11. The van der Waals surface area contributed by atoms with Crippen molar-refractivity contribution in [3.63, 3.8) is 0 Å². The molecule has 0 aliphatic carbocycles. The molecular formula is C17H22BrNO2. The Morgan fingerprint density at radius 3 is 2.67 bits per heavy atom. The molecule has 0 N–H and O–H groups in total. The molecule has 1 heterocycles. The number of aryl methyl sites for hydroxylation is 2. The van der Waals surface area contributed by atoms with Gasteiger partial charge in [-0.3, -0.25) is 4.79 Å². The molecule has 0 radical (unpaired) electrons. The minimum Gasteiger partial charge on any atom is -1.00 e. The lowest BCUT2D eigenvalue weighted by Gasteiger charge is -2.04. The lowest BCUT2D eigenvalue weighted by molar-refractivity contribution is -0.671. The largest absolute Gasteiger partial charge is 1.00 e. The molecule has 4 heteroatoms. The highest BCUT2D eigenvalue weighted by Gasteiger charge is 2.09. The van der Waals surface area contributed by atoms with Crippen LogP contribution in [0.25, 0.3) is 10.9 Å². The molecule has 0 saturated carbocycles. The summed E-state index contributed by atoms with van der Waals surface area (Å²) in [6.07, 6.45) is 5.26. The molecule has 21 heavy (non-hydrogen) atoms. The zero-order valence-corrected chi connectivity index (χ0v) is 14.2. The zero-order chi connectivity index (χ0) is 14.4. The number of hydrogen-bond donors (Lipinski definition) is 0. The second kappa shape index (κ2) is 8.78. The highest BCUT2D eigenvalue weighted by Crippen LogP contribution is 2.14. The van der Waals surface area contributed by atoms with Crippen LogP contribution < -0.4 is 21.5 Å². The van der Waals surface area contributed by atoms with Crippen LogP contribution in [-0.2, 0) is 16.1 Å². The number of hydrogen-bond acceptors (Lipinski definition) is 2. The van der Waals surface area contributed by atoms with E-state index >= 15 is 0 Å². The number of fused-ring (bicyclic) bond motifs is 1. The third kappa shape index (κ3) is 5.12. The number of benzene rings is 1. The van der Waals surface area contributed by atoms with Crippen LogP contribution >= 0.6 is 0 Å². The monoisotopic (exact) mass is 351 g/mol. The maximum absolute atomic E-state index is 10.6. The van der Waals surface area contributed by atoms with Crippen LogP contribution in [0.5, 0.6) is 0 Å². The Kier molecular flexibility index (Phi) is 7.37. The SMILES string of the molecule is CC(=O)OCCCCC[n+]1ccc(C)c2ccccc21.[Br-]. The molecule has 114 valence electrons. The molecule has 0 aliphatic rings. The van der Waals surface area contributed by atoms with E-state index in [-0.39, 0.29) is 23.0 Å². The predicted octanol–water partition coefficient (Wildman–Crippen LogP) is 0.173. The Labute approximate surface area is 136 Å². The summed E-state index contributed by atoms with van der Waals surface area (Å²) in [6.45, 7) is 5.13. The summed E-state index contributed by atoms with van der Waals surface area (Å²) >= 11 is 0. The smallest absolute Gasteiger partial charge is 0.302 e. The van der Waals surface area contributed by atoms with Crippen molar-refractivity contribution >= 4 is 16.9 Å². The standard InChI is InChI=1S/C17H22NO2.BrH/c1-14-10-12-18(17-9-5-4-8-16(14)17)11-6-3-7-13-20-15(2)19;/h4-5,8-10,12H,3,6-7,11,13H2,1-2H3;1H/q+1;/p-1. The van der Waals surface area contributed by atoms with E-state index in [1.54, 1.807) is 0 Å². The maximum Gasteiger partial charge on any atom is 0.302 e. The van der Waals surface area contributed by atoms with Gasteiger partial charge in [-0.2, -0.15) is 4.57 Å². The quantitative estimate of drug-likeness (QED) is 0.422. The molecule has 0 bridgehead atoms. The summed E-state index contributed by atoms with van der Waals surface area (Å²) in [5, 5.41) is 1.31. The summed E-state index contributed by atoms with van der Waals surface area (Å²) in [5.41, 5.74) is 2.60. The zero-order valence-electron chi connectivity index (χ0n) is 12.6. The van der Waals surface area contributed by atoms with E-state index in [4.69, 9.17) is 4.74 Å². The van der Waals surface area contributed by atoms with Gasteiger partial charge in [-0.25, -0.2) is 0 Å². The third-order valence-corrected chi connectivity index (χ3v) is 3.49. The summed E-state index contributed by atoms with van der Waals surface area (Å²) in [4.78, 5) is 10.6. The van der Waals surface area contributed by atoms with Crippen molar-refractivity contribution in [3.8, 4) is 0 Å². The van der Waals surface area contributed by atoms with Gasteiger partial charge in [0.25, 0.3) is 0 Å². The first-order chi connectivity index (χ1) is 9.68. The van der Waals surface area contributed by atoms with Crippen molar-refractivity contribution in [2.45, 2.75) is 39.7 Å². The van der Waals surface area contributed by atoms with Crippen molar-refractivity contribution in [2.24, 2.45) is 0 Å². The molecule has 0 unspecified atom stereocenters. The van der Waals surface area contributed by atoms with E-state index in [0.29, 0.717) is 6.61 Å². The predicted molar refractivity (Wildman–Crippen MR) is 79.4 cm³/mol. The number of unbranched alkanes of at least 4 members (excludes halogenated alkanes) is 2. The number of carbonyl (C=O) groups excluding carboxylic acids is 1. The average molecular weight is 352 g/mol. The van der Waals surface area contributed by atoms with Crippen LogP contribution in [0.4, 0.5) is 0 Å². The molecule has 3 nitrogen and oxygen atoms in total. The van der Waals surface area contributed by atoms with Crippen molar-refractivity contribution in [2.75, 3.05) is 6.61 Å². The summed E-state index contributed by atoms with van der Waals surface area (Å²) < 4.78 is 7.23. The highest BCUT2D eigenvalue weighted by atomic mass is 79.9. The Morgan fingerprint density at radius 2 is 1.90 bits per heavy atom. The number of esters is 1. The number of pyridine rings is 1. The van der Waals surface area contributed by atoms with Gasteiger partial charge in [-0.05, 0) is 31.4 Å². The van der Waals surface area contributed by atoms with E-state index in [1.807, 2.05) is 0 Å². The summed E-state index contributed by atoms with van der Waals surface area (Å²) in [5.74, 6) is -0.191. The lowest BCUT2D eigenvalue weighted by Crippen LogP contribution is -3.00. The lowest BCUT2D eigenvalue weighted by atomic mass is 10.1. The minimum atomic E-state index is -0.191. The normalized spacial score (nSPS) is 10.2. The summed E-state index contributed by atoms with van der Waals surface area (Å²) in [7, 11) is 0. The first-order valence-electron chi connectivity index (χ1n) is 7.19. The molecule has 0 atom stereocenters. The van der Waals surface area contributed by atoms with Gasteiger partial charge in [0.1, 0.15) is 6.54 Å². The van der Waals surface area contributed by atoms with Gasteiger partial charge < -0.3 is 21.7 Å². The van der Waals surface area contributed by atoms with E-state index < -0.39 is 0 Å². The van der Waals surface area contributed by atoms with Crippen LogP contribution in [-0.4, -0.2) is 12.6 Å². The van der Waals surface area contributed by atoms with E-state index in [0.717, 1.165) is 25.8 Å². The first-order valence-corrected chi connectivity index (χ1v) is 7.19. The molecule has 1 aromatic heterocycles. The molecule has 0 saturated heterocycles. The Balaban J connectivity index is 0.00000220. The van der Waals surface area contributed by atoms with Crippen molar-refractivity contribution < 1.29 is 31.1 Å².